The van der Waals surface area contributed by atoms with Gasteiger partial charge in [0.15, 0.2) is 0 Å². The lowest BCUT2D eigenvalue weighted by Crippen LogP contribution is -2.06. The maximum Gasteiger partial charge on any atom is 0.128 e. The van der Waals surface area contributed by atoms with Gasteiger partial charge < -0.3 is 5.32 Å². The van der Waals surface area contributed by atoms with Gasteiger partial charge in [0.1, 0.15) is 5.82 Å². The highest BCUT2D eigenvalue weighted by Crippen LogP contribution is 2.19. The summed E-state index contributed by atoms with van der Waals surface area (Å²) < 4.78 is 13.4. The lowest BCUT2D eigenvalue weighted by molar-refractivity contribution is 0.618. The molecule has 0 aliphatic carbocycles. The summed E-state index contributed by atoms with van der Waals surface area (Å²) in [4.78, 5) is 0. The van der Waals surface area contributed by atoms with Crippen LogP contribution in [-0.2, 0) is 0 Å². The Bertz CT molecular complexity index is 522. The van der Waals surface area contributed by atoms with Crippen LogP contribution in [0.1, 0.15) is 30.4 Å². The number of hydrogen-bond donors (Lipinski definition) is 1. The summed E-state index contributed by atoms with van der Waals surface area (Å²) in [6.45, 7) is 4.84. The summed E-state index contributed by atoms with van der Waals surface area (Å²) in [6.07, 6.45) is 1.03. The van der Waals surface area contributed by atoms with Crippen molar-refractivity contribution < 1.29 is 4.39 Å². The van der Waals surface area contributed by atoms with E-state index in [0.717, 1.165) is 18.7 Å². The van der Waals surface area contributed by atoms with E-state index >= 15 is 0 Å². The number of halogens is 1. The maximum atomic E-state index is 13.4. The molecule has 2 aromatic carbocycles. The van der Waals surface area contributed by atoms with E-state index in [2.05, 4.69) is 36.5 Å². The quantitative estimate of drug-likeness (QED) is 0.815. The molecule has 1 atom stereocenters. The van der Waals surface area contributed by atoms with Crippen molar-refractivity contribution in [2.45, 2.75) is 26.2 Å². The van der Waals surface area contributed by atoms with Crippen LogP contribution in [0.15, 0.2) is 48.5 Å². The van der Waals surface area contributed by atoms with Crippen molar-refractivity contribution in [3.8, 4) is 0 Å². The average Bonchev–Trinajstić information content (AvgIpc) is 2.43. The lowest BCUT2D eigenvalue weighted by Gasteiger charge is -2.13. The molecule has 2 aromatic rings. The minimum absolute atomic E-state index is 0.152. The first-order valence-corrected chi connectivity index (χ1v) is 6.72. The molecule has 0 radical (unpaired) electrons. The molecule has 2 heteroatoms. The highest BCUT2D eigenvalue weighted by molar-refractivity contribution is 5.45. The summed E-state index contributed by atoms with van der Waals surface area (Å²) in [7, 11) is 0. The summed E-state index contributed by atoms with van der Waals surface area (Å²) >= 11 is 0. The van der Waals surface area contributed by atoms with Gasteiger partial charge >= 0.3 is 0 Å². The van der Waals surface area contributed by atoms with Gasteiger partial charge in [-0.15, -0.1) is 0 Å². The average molecular weight is 257 g/mol. The molecule has 1 N–H and O–H groups in total. The van der Waals surface area contributed by atoms with Crippen molar-refractivity contribution in [1.82, 2.24) is 0 Å². The Hall–Kier alpha value is -1.83. The third-order valence-electron chi connectivity index (χ3n) is 3.45. The Morgan fingerprint density at radius 1 is 1.11 bits per heavy atom. The van der Waals surface area contributed by atoms with Crippen molar-refractivity contribution in [1.29, 1.82) is 0 Å². The molecule has 0 aliphatic rings. The SMILES string of the molecule is Cc1ccc(NCCC(C)c2ccccc2)cc1F. The molecule has 100 valence electrons. The number of nitrogens with one attached hydrogen (secondary N) is 1. The summed E-state index contributed by atoms with van der Waals surface area (Å²) in [5, 5.41) is 3.27. The van der Waals surface area contributed by atoms with Gasteiger partial charge in [-0.1, -0.05) is 43.3 Å². The van der Waals surface area contributed by atoms with Crippen LogP contribution in [0.4, 0.5) is 10.1 Å². The van der Waals surface area contributed by atoms with Crippen molar-refractivity contribution in [2.24, 2.45) is 0 Å². The molecule has 19 heavy (non-hydrogen) atoms. The summed E-state index contributed by atoms with van der Waals surface area (Å²) in [6, 6.07) is 15.7. The fourth-order valence-electron chi connectivity index (χ4n) is 2.08. The minimum atomic E-state index is -0.152. The zero-order valence-electron chi connectivity index (χ0n) is 11.5. The topological polar surface area (TPSA) is 12.0 Å². The number of anilines is 1. The normalized spacial score (nSPS) is 12.2. The maximum absolute atomic E-state index is 13.4. The van der Waals surface area contributed by atoms with Crippen molar-refractivity contribution in [3.63, 3.8) is 0 Å². The van der Waals surface area contributed by atoms with Gasteiger partial charge in [-0.05, 0) is 42.5 Å². The molecule has 1 unspecified atom stereocenters. The molecule has 0 bridgehead atoms. The van der Waals surface area contributed by atoms with Crippen LogP contribution < -0.4 is 5.32 Å². The van der Waals surface area contributed by atoms with Crippen LogP contribution in [0.25, 0.3) is 0 Å². The Labute approximate surface area is 114 Å². The first kappa shape index (κ1) is 13.6. The second-order valence-electron chi connectivity index (χ2n) is 4.99. The van der Waals surface area contributed by atoms with Gasteiger partial charge in [-0.25, -0.2) is 4.39 Å². The molecule has 2 rings (SSSR count). The molecule has 0 spiro atoms. The monoisotopic (exact) mass is 257 g/mol. The Balaban J connectivity index is 1.85. The number of hydrogen-bond acceptors (Lipinski definition) is 1. The first-order valence-electron chi connectivity index (χ1n) is 6.72. The first-order chi connectivity index (χ1) is 9.16. The van der Waals surface area contributed by atoms with Gasteiger partial charge in [0.2, 0.25) is 0 Å². The molecule has 0 saturated heterocycles. The molecule has 0 heterocycles. The van der Waals surface area contributed by atoms with Crippen LogP contribution in [0, 0.1) is 12.7 Å². The van der Waals surface area contributed by atoms with Crippen LogP contribution >= 0.6 is 0 Å². The lowest BCUT2D eigenvalue weighted by atomic mass is 9.98. The van der Waals surface area contributed by atoms with E-state index in [-0.39, 0.29) is 5.82 Å². The van der Waals surface area contributed by atoms with Crippen molar-refractivity contribution in [3.05, 3.63) is 65.5 Å². The van der Waals surface area contributed by atoms with Crippen molar-refractivity contribution >= 4 is 5.69 Å². The Morgan fingerprint density at radius 2 is 1.84 bits per heavy atom. The van der Waals surface area contributed by atoms with E-state index in [1.165, 1.54) is 5.56 Å². The second kappa shape index (κ2) is 6.37. The van der Waals surface area contributed by atoms with Crippen LogP contribution in [0.3, 0.4) is 0 Å². The minimum Gasteiger partial charge on any atom is -0.385 e. The third-order valence-corrected chi connectivity index (χ3v) is 3.45. The van der Waals surface area contributed by atoms with E-state index in [9.17, 15) is 4.39 Å². The fourth-order valence-corrected chi connectivity index (χ4v) is 2.08. The van der Waals surface area contributed by atoms with Crippen LogP contribution in [-0.4, -0.2) is 6.54 Å². The largest absolute Gasteiger partial charge is 0.385 e. The molecule has 0 saturated carbocycles. The highest BCUT2D eigenvalue weighted by Gasteiger charge is 2.04. The van der Waals surface area contributed by atoms with E-state index in [4.69, 9.17) is 0 Å². The van der Waals surface area contributed by atoms with Gasteiger partial charge in [0.25, 0.3) is 0 Å². The Kier molecular flexibility index (Phi) is 4.56. The van der Waals surface area contributed by atoms with E-state index in [1.807, 2.05) is 12.1 Å². The summed E-state index contributed by atoms with van der Waals surface area (Å²) in [5.74, 6) is 0.352. The molecule has 0 amide bonds. The third kappa shape index (κ3) is 3.82. The van der Waals surface area contributed by atoms with Gasteiger partial charge in [0, 0.05) is 12.2 Å². The fraction of sp³-hybridized carbons (Fsp3) is 0.294. The predicted octanol–water partition coefficient (Wildman–Crippen LogP) is 4.74. The number of rotatable bonds is 5. The van der Waals surface area contributed by atoms with E-state index in [1.54, 1.807) is 19.1 Å². The highest BCUT2D eigenvalue weighted by atomic mass is 19.1. The van der Waals surface area contributed by atoms with Gasteiger partial charge in [-0.3, -0.25) is 0 Å². The van der Waals surface area contributed by atoms with Crippen molar-refractivity contribution in [2.75, 3.05) is 11.9 Å². The molecular formula is C17H20FN. The molecule has 1 nitrogen and oxygen atoms in total. The number of benzene rings is 2. The zero-order valence-corrected chi connectivity index (χ0v) is 11.5. The van der Waals surface area contributed by atoms with E-state index in [0.29, 0.717) is 11.5 Å². The summed E-state index contributed by atoms with van der Waals surface area (Å²) in [5.41, 5.74) is 2.88. The van der Waals surface area contributed by atoms with Crippen LogP contribution in [0.5, 0.6) is 0 Å². The molecule has 0 aliphatic heterocycles. The van der Waals surface area contributed by atoms with E-state index < -0.39 is 0 Å². The smallest absolute Gasteiger partial charge is 0.128 e. The molecular weight excluding hydrogens is 237 g/mol. The molecule has 0 aromatic heterocycles. The Morgan fingerprint density at radius 3 is 2.53 bits per heavy atom. The van der Waals surface area contributed by atoms with Gasteiger partial charge in [-0.2, -0.15) is 0 Å². The standard InChI is InChI=1S/C17H20FN/c1-13(15-6-4-3-5-7-15)10-11-19-16-9-8-14(2)17(18)12-16/h3-9,12-13,19H,10-11H2,1-2H3. The number of aryl methyl sites for hydroxylation is 1. The molecule has 0 fully saturated rings. The van der Waals surface area contributed by atoms with Gasteiger partial charge in [0.05, 0.1) is 0 Å². The zero-order chi connectivity index (χ0) is 13.7. The van der Waals surface area contributed by atoms with Crippen LogP contribution in [0.2, 0.25) is 0 Å². The predicted molar refractivity (Wildman–Crippen MR) is 79.1 cm³/mol. The second-order valence-corrected chi connectivity index (χ2v) is 4.99.